The molecule has 0 spiro atoms. The van der Waals surface area contributed by atoms with E-state index < -0.39 is 12.0 Å². The number of allylic oxidation sites excluding steroid dienone is 1. The Morgan fingerprint density at radius 1 is 1.17 bits per heavy atom. The largest absolute Gasteiger partial charge is 0.466 e. The van der Waals surface area contributed by atoms with Gasteiger partial charge in [0.2, 0.25) is 0 Å². The smallest absolute Gasteiger partial charge is 0.338 e. The second kappa shape index (κ2) is 8.22. The summed E-state index contributed by atoms with van der Waals surface area (Å²) in [5, 5.41) is 1.07. The Balaban J connectivity index is 2.00. The Bertz CT molecular complexity index is 1350. The van der Waals surface area contributed by atoms with E-state index in [4.69, 9.17) is 27.9 Å². The van der Waals surface area contributed by atoms with E-state index in [0.29, 0.717) is 30.6 Å². The maximum absolute atomic E-state index is 13.4. The Labute approximate surface area is 186 Å². The summed E-state index contributed by atoms with van der Waals surface area (Å²) in [4.78, 5) is 31.0. The zero-order valence-corrected chi connectivity index (χ0v) is 18.4. The van der Waals surface area contributed by atoms with Crippen LogP contribution in [0.3, 0.4) is 0 Å². The van der Waals surface area contributed by atoms with Crippen molar-refractivity contribution in [2.45, 2.75) is 13.0 Å². The highest BCUT2D eigenvalue weighted by atomic mass is 35.5. The van der Waals surface area contributed by atoms with Gasteiger partial charge in [-0.3, -0.25) is 9.36 Å². The number of aromatic nitrogens is 1. The molecule has 0 fully saturated rings. The fraction of sp³-hybridized carbons (Fsp3) is 0.136. The van der Waals surface area contributed by atoms with E-state index in [0.717, 1.165) is 5.56 Å². The SMILES string of the molecule is COC(=O)C1=C(C)N=c2s/c(=C\c3ccc(Cl)cc3)c(=O)n2C1c1ccccc1Cl. The van der Waals surface area contributed by atoms with E-state index in [1.165, 1.54) is 23.0 Å². The average Bonchev–Trinajstić information content (AvgIpc) is 3.03. The molecule has 152 valence electrons. The number of halogens is 2. The van der Waals surface area contributed by atoms with Crippen molar-refractivity contribution in [3.63, 3.8) is 0 Å². The van der Waals surface area contributed by atoms with Crippen LogP contribution in [0.4, 0.5) is 0 Å². The molecule has 5 nitrogen and oxygen atoms in total. The first kappa shape index (κ1) is 20.6. The molecule has 2 aromatic carbocycles. The number of fused-ring (bicyclic) bond motifs is 1. The maximum atomic E-state index is 13.4. The lowest BCUT2D eigenvalue weighted by molar-refractivity contribution is -0.136. The number of benzene rings is 2. The van der Waals surface area contributed by atoms with Crippen molar-refractivity contribution in [2.24, 2.45) is 4.99 Å². The van der Waals surface area contributed by atoms with Crippen LogP contribution in [-0.4, -0.2) is 17.6 Å². The number of carbonyl (C=O) groups is 1. The summed E-state index contributed by atoms with van der Waals surface area (Å²) >= 11 is 13.7. The van der Waals surface area contributed by atoms with Crippen molar-refractivity contribution in [2.75, 3.05) is 7.11 Å². The first-order valence-electron chi connectivity index (χ1n) is 9.01. The van der Waals surface area contributed by atoms with Crippen LogP contribution in [0, 0.1) is 0 Å². The molecule has 0 saturated carbocycles. The van der Waals surface area contributed by atoms with E-state index in [1.807, 2.05) is 18.2 Å². The van der Waals surface area contributed by atoms with Crippen LogP contribution in [0.2, 0.25) is 10.0 Å². The average molecular weight is 459 g/mol. The van der Waals surface area contributed by atoms with E-state index in [9.17, 15) is 9.59 Å². The Morgan fingerprint density at radius 3 is 2.53 bits per heavy atom. The van der Waals surface area contributed by atoms with Gasteiger partial charge in [-0.15, -0.1) is 0 Å². The van der Waals surface area contributed by atoms with E-state index in [1.54, 1.807) is 43.3 Å². The van der Waals surface area contributed by atoms with Gasteiger partial charge in [0, 0.05) is 10.0 Å². The van der Waals surface area contributed by atoms with Crippen LogP contribution >= 0.6 is 34.5 Å². The summed E-state index contributed by atoms with van der Waals surface area (Å²) < 4.78 is 6.99. The second-order valence-electron chi connectivity index (χ2n) is 6.65. The minimum atomic E-state index is -0.727. The summed E-state index contributed by atoms with van der Waals surface area (Å²) in [5.41, 5.74) is 1.99. The van der Waals surface area contributed by atoms with Gasteiger partial charge in [-0.2, -0.15) is 0 Å². The van der Waals surface area contributed by atoms with Gasteiger partial charge in [0.1, 0.15) is 6.04 Å². The first-order valence-corrected chi connectivity index (χ1v) is 10.6. The van der Waals surface area contributed by atoms with Crippen molar-refractivity contribution in [3.05, 3.63) is 101 Å². The molecule has 0 radical (unpaired) electrons. The monoisotopic (exact) mass is 458 g/mol. The third kappa shape index (κ3) is 3.62. The molecular formula is C22H16Cl2N2O3S. The number of carbonyl (C=O) groups excluding carboxylic acids is 1. The van der Waals surface area contributed by atoms with Gasteiger partial charge in [-0.05, 0) is 42.3 Å². The molecule has 8 heteroatoms. The standard InChI is InChI=1S/C22H16Cl2N2O3S/c1-12-18(21(28)29-2)19(15-5-3-4-6-16(15)24)26-20(27)17(30-22(26)25-12)11-13-7-9-14(23)10-8-13/h3-11,19H,1-2H3/b17-11-. The molecule has 0 aliphatic carbocycles. The highest BCUT2D eigenvalue weighted by Gasteiger charge is 2.34. The number of esters is 1. The third-order valence-electron chi connectivity index (χ3n) is 4.79. The molecule has 3 aromatic rings. The Morgan fingerprint density at radius 2 is 1.87 bits per heavy atom. The highest BCUT2D eigenvalue weighted by molar-refractivity contribution is 7.07. The molecule has 2 heterocycles. The summed E-state index contributed by atoms with van der Waals surface area (Å²) in [6.07, 6.45) is 1.78. The Kier molecular flexibility index (Phi) is 5.64. The topological polar surface area (TPSA) is 60.7 Å². The molecule has 1 aliphatic rings. The lowest BCUT2D eigenvalue weighted by atomic mass is 9.96. The van der Waals surface area contributed by atoms with Gasteiger partial charge in [0.25, 0.3) is 5.56 Å². The number of rotatable bonds is 3. The predicted octanol–water partition coefficient (Wildman–Crippen LogP) is 3.72. The number of ether oxygens (including phenoxy) is 1. The van der Waals surface area contributed by atoms with Gasteiger partial charge in [0.05, 0.1) is 22.9 Å². The first-order chi connectivity index (χ1) is 14.4. The number of methoxy groups -OCH3 is 1. The van der Waals surface area contributed by atoms with Gasteiger partial charge >= 0.3 is 5.97 Å². The number of hydrogen-bond acceptors (Lipinski definition) is 5. The summed E-state index contributed by atoms with van der Waals surface area (Å²) in [7, 11) is 1.30. The van der Waals surface area contributed by atoms with Gasteiger partial charge in [0.15, 0.2) is 4.80 Å². The molecule has 1 aliphatic heterocycles. The van der Waals surface area contributed by atoms with Crippen molar-refractivity contribution < 1.29 is 9.53 Å². The van der Waals surface area contributed by atoms with Crippen molar-refractivity contribution in [3.8, 4) is 0 Å². The zero-order chi connectivity index (χ0) is 21.4. The maximum Gasteiger partial charge on any atom is 0.338 e. The second-order valence-corrected chi connectivity index (χ2v) is 8.50. The Hall–Kier alpha value is -2.67. The van der Waals surface area contributed by atoms with Crippen molar-refractivity contribution in [1.82, 2.24) is 4.57 Å². The quantitative estimate of drug-likeness (QED) is 0.561. The van der Waals surface area contributed by atoms with Crippen LogP contribution < -0.4 is 14.9 Å². The minimum Gasteiger partial charge on any atom is -0.466 e. The van der Waals surface area contributed by atoms with Crippen LogP contribution in [-0.2, 0) is 9.53 Å². The summed E-state index contributed by atoms with van der Waals surface area (Å²) in [5.74, 6) is -0.548. The molecule has 30 heavy (non-hydrogen) atoms. The van der Waals surface area contributed by atoms with Crippen LogP contribution in [0.25, 0.3) is 6.08 Å². The molecule has 0 N–H and O–H groups in total. The van der Waals surface area contributed by atoms with E-state index >= 15 is 0 Å². The fourth-order valence-corrected chi connectivity index (χ4v) is 4.81. The number of nitrogens with zero attached hydrogens (tertiary/aromatic N) is 2. The number of hydrogen-bond donors (Lipinski definition) is 0. The predicted molar refractivity (Wildman–Crippen MR) is 119 cm³/mol. The van der Waals surface area contributed by atoms with Crippen LogP contribution in [0.1, 0.15) is 24.1 Å². The molecule has 0 amide bonds. The molecule has 4 rings (SSSR count). The number of thiazole rings is 1. The lowest BCUT2D eigenvalue weighted by Crippen LogP contribution is -2.39. The van der Waals surface area contributed by atoms with Gasteiger partial charge in [-0.1, -0.05) is 64.9 Å². The van der Waals surface area contributed by atoms with Crippen LogP contribution in [0.15, 0.2) is 69.6 Å². The fourth-order valence-electron chi connectivity index (χ4n) is 3.39. The molecule has 0 saturated heterocycles. The molecular weight excluding hydrogens is 443 g/mol. The molecule has 1 aromatic heterocycles. The van der Waals surface area contributed by atoms with Gasteiger partial charge in [-0.25, -0.2) is 9.79 Å². The lowest BCUT2D eigenvalue weighted by Gasteiger charge is -2.25. The van der Waals surface area contributed by atoms with E-state index in [-0.39, 0.29) is 11.1 Å². The minimum absolute atomic E-state index is 0.257. The van der Waals surface area contributed by atoms with Crippen molar-refractivity contribution in [1.29, 1.82) is 0 Å². The highest BCUT2D eigenvalue weighted by Crippen LogP contribution is 2.34. The van der Waals surface area contributed by atoms with Gasteiger partial charge < -0.3 is 4.74 Å². The molecule has 0 bridgehead atoms. The van der Waals surface area contributed by atoms with Crippen LogP contribution in [0.5, 0.6) is 0 Å². The van der Waals surface area contributed by atoms with E-state index in [2.05, 4.69) is 4.99 Å². The molecule has 1 atom stereocenters. The normalized spacial score (nSPS) is 16.3. The summed E-state index contributed by atoms with van der Waals surface area (Å²) in [6, 6.07) is 13.6. The zero-order valence-electron chi connectivity index (χ0n) is 16.1. The van der Waals surface area contributed by atoms with Crippen molar-refractivity contribution >= 4 is 46.6 Å². The molecule has 1 unspecified atom stereocenters. The third-order valence-corrected chi connectivity index (χ3v) is 6.37. The summed E-state index contributed by atoms with van der Waals surface area (Å²) in [6.45, 7) is 1.73.